The molecule has 2 aliphatic carbocycles. The number of hydrogen-bond acceptors (Lipinski definition) is 2. The fourth-order valence-electron chi connectivity index (χ4n) is 3.05. The Bertz CT molecular complexity index is 260. The van der Waals surface area contributed by atoms with Gasteiger partial charge in [0, 0.05) is 25.4 Å². The van der Waals surface area contributed by atoms with Crippen molar-refractivity contribution < 1.29 is 4.79 Å². The van der Waals surface area contributed by atoms with Crippen molar-refractivity contribution >= 4 is 5.78 Å². The van der Waals surface area contributed by atoms with Crippen LogP contribution < -0.4 is 0 Å². The van der Waals surface area contributed by atoms with Crippen LogP contribution in [0.4, 0.5) is 0 Å². The predicted molar refractivity (Wildman–Crippen MR) is 71.0 cm³/mol. The zero-order chi connectivity index (χ0) is 12.3. The maximum atomic E-state index is 12.0. The number of ketones is 1. The van der Waals surface area contributed by atoms with E-state index in [0.717, 1.165) is 37.6 Å². The van der Waals surface area contributed by atoms with Crippen molar-refractivity contribution in [2.45, 2.75) is 52.4 Å². The van der Waals surface area contributed by atoms with E-state index in [4.69, 9.17) is 0 Å². The molecule has 17 heavy (non-hydrogen) atoms. The van der Waals surface area contributed by atoms with Crippen LogP contribution in [0.15, 0.2) is 0 Å². The van der Waals surface area contributed by atoms with Crippen LogP contribution in [-0.4, -0.2) is 30.3 Å². The van der Waals surface area contributed by atoms with Gasteiger partial charge in [-0.15, -0.1) is 0 Å². The summed E-state index contributed by atoms with van der Waals surface area (Å²) in [4.78, 5) is 14.5. The number of carbonyl (C=O) groups is 1. The monoisotopic (exact) mass is 237 g/mol. The van der Waals surface area contributed by atoms with Crippen LogP contribution in [0.2, 0.25) is 0 Å². The van der Waals surface area contributed by atoms with E-state index in [2.05, 4.69) is 18.7 Å². The normalized spacial score (nSPS) is 29.9. The molecule has 2 fully saturated rings. The molecular weight excluding hydrogens is 210 g/mol. The highest BCUT2D eigenvalue weighted by Crippen LogP contribution is 2.31. The topological polar surface area (TPSA) is 20.3 Å². The molecule has 98 valence electrons. The first-order chi connectivity index (χ1) is 8.19. The number of nitrogens with zero attached hydrogens (tertiary/aromatic N) is 1. The minimum atomic E-state index is 0.337. The fourth-order valence-corrected chi connectivity index (χ4v) is 3.05. The zero-order valence-electron chi connectivity index (χ0n) is 11.5. The molecule has 2 rings (SSSR count). The maximum absolute atomic E-state index is 12.0. The van der Waals surface area contributed by atoms with Gasteiger partial charge in [-0.1, -0.05) is 13.8 Å². The van der Waals surface area contributed by atoms with E-state index in [1.165, 1.54) is 32.4 Å². The van der Waals surface area contributed by atoms with Crippen molar-refractivity contribution in [2.24, 2.45) is 17.8 Å². The van der Waals surface area contributed by atoms with E-state index in [0.29, 0.717) is 11.7 Å². The standard InChI is InChI=1S/C15H27NO/c1-3-8-16(10-13-5-6-13)11-14-9-12(2)4-7-15(14)17/h12-14H,3-11H2,1-2H3. The highest BCUT2D eigenvalue weighted by molar-refractivity contribution is 5.81. The summed E-state index contributed by atoms with van der Waals surface area (Å²) in [6.45, 7) is 7.99. The maximum Gasteiger partial charge on any atom is 0.137 e. The quantitative estimate of drug-likeness (QED) is 0.707. The SMILES string of the molecule is CCCN(CC1CC1)CC1CC(C)CCC1=O. The average molecular weight is 237 g/mol. The van der Waals surface area contributed by atoms with Crippen LogP contribution in [0, 0.1) is 17.8 Å². The molecule has 2 aliphatic rings. The van der Waals surface area contributed by atoms with Gasteiger partial charge in [0.2, 0.25) is 0 Å². The Labute approximate surface area is 106 Å². The molecule has 2 nitrogen and oxygen atoms in total. The highest BCUT2D eigenvalue weighted by atomic mass is 16.1. The van der Waals surface area contributed by atoms with E-state index >= 15 is 0 Å². The van der Waals surface area contributed by atoms with Gasteiger partial charge in [0.25, 0.3) is 0 Å². The first-order valence-corrected chi connectivity index (χ1v) is 7.44. The summed E-state index contributed by atoms with van der Waals surface area (Å²) in [5.41, 5.74) is 0. The van der Waals surface area contributed by atoms with Crippen LogP contribution in [-0.2, 0) is 4.79 Å². The Hall–Kier alpha value is -0.370. The molecule has 2 heteroatoms. The van der Waals surface area contributed by atoms with Gasteiger partial charge in [0.05, 0.1) is 0 Å². The molecule has 0 radical (unpaired) electrons. The number of rotatable bonds is 6. The highest BCUT2D eigenvalue weighted by Gasteiger charge is 2.30. The molecule has 0 bridgehead atoms. The first kappa shape index (κ1) is 13.1. The molecule has 0 heterocycles. The summed E-state index contributed by atoms with van der Waals surface area (Å²) in [5.74, 6) is 2.56. The molecule has 0 aromatic rings. The van der Waals surface area contributed by atoms with Crippen molar-refractivity contribution in [1.82, 2.24) is 4.90 Å². The molecule has 0 amide bonds. The molecule has 0 saturated heterocycles. The van der Waals surface area contributed by atoms with Gasteiger partial charge in [0.1, 0.15) is 5.78 Å². The minimum absolute atomic E-state index is 0.337. The summed E-state index contributed by atoms with van der Waals surface area (Å²) in [5, 5.41) is 0. The van der Waals surface area contributed by atoms with Crippen LogP contribution in [0.3, 0.4) is 0 Å². The fraction of sp³-hybridized carbons (Fsp3) is 0.933. The Balaban J connectivity index is 1.83. The molecule has 2 saturated carbocycles. The van der Waals surface area contributed by atoms with E-state index in [-0.39, 0.29) is 0 Å². The third-order valence-electron chi connectivity index (χ3n) is 4.26. The average Bonchev–Trinajstić information content (AvgIpc) is 3.08. The summed E-state index contributed by atoms with van der Waals surface area (Å²) >= 11 is 0. The largest absolute Gasteiger partial charge is 0.302 e. The molecule has 2 unspecified atom stereocenters. The third-order valence-corrected chi connectivity index (χ3v) is 4.26. The number of Topliss-reactive ketones (excluding diaryl/α,β-unsaturated/α-hetero) is 1. The molecule has 0 N–H and O–H groups in total. The predicted octanol–water partition coefficient (Wildman–Crippen LogP) is 3.11. The molecule has 2 atom stereocenters. The molecular formula is C15H27NO. The van der Waals surface area contributed by atoms with E-state index in [9.17, 15) is 4.79 Å². The minimum Gasteiger partial charge on any atom is -0.302 e. The lowest BCUT2D eigenvalue weighted by Crippen LogP contribution is -2.37. The second kappa shape index (κ2) is 5.99. The van der Waals surface area contributed by atoms with Crippen LogP contribution in [0.1, 0.15) is 52.4 Å². The summed E-state index contributed by atoms with van der Waals surface area (Å²) in [6.07, 6.45) is 7.11. The number of carbonyl (C=O) groups excluding carboxylic acids is 1. The molecule has 0 aliphatic heterocycles. The lowest BCUT2D eigenvalue weighted by molar-refractivity contribution is -0.126. The zero-order valence-corrected chi connectivity index (χ0v) is 11.5. The van der Waals surface area contributed by atoms with Gasteiger partial charge in [-0.3, -0.25) is 4.79 Å². The Kier molecular flexibility index (Phi) is 4.61. The van der Waals surface area contributed by atoms with Crippen molar-refractivity contribution in [3.8, 4) is 0 Å². The molecule has 0 aromatic carbocycles. The van der Waals surface area contributed by atoms with Crippen molar-refractivity contribution in [2.75, 3.05) is 19.6 Å². The van der Waals surface area contributed by atoms with E-state index < -0.39 is 0 Å². The van der Waals surface area contributed by atoms with Crippen LogP contribution in [0.25, 0.3) is 0 Å². The smallest absolute Gasteiger partial charge is 0.137 e. The molecule has 0 aromatic heterocycles. The van der Waals surface area contributed by atoms with Crippen molar-refractivity contribution in [3.63, 3.8) is 0 Å². The summed E-state index contributed by atoms with van der Waals surface area (Å²) < 4.78 is 0. The van der Waals surface area contributed by atoms with Gasteiger partial charge >= 0.3 is 0 Å². The van der Waals surface area contributed by atoms with Crippen LogP contribution >= 0.6 is 0 Å². The van der Waals surface area contributed by atoms with Crippen molar-refractivity contribution in [1.29, 1.82) is 0 Å². The first-order valence-electron chi connectivity index (χ1n) is 7.44. The van der Waals surface area contributed by atoms with E-state index in [1.807, 2.05) is 0 Å². The third kappa shape index (κ3) is 4.09. The van der Waals surface area contributed by atoms with E-state index in [1.54, 1.807) is 0 Å². The Morgan fingerprint density at radius 2 is 2.00 bits per heavy atom. The summed E-state index contributed by atoms with van der Waals surface area (Å²) in [7, 11) is 0. The Morgan fingerprint density at radius 1 is 1.24 bits per heavy atom. The van der Waals surface area contributed by atoms with Crippen molar-refractivity contribution in [3.05, 3.63) is 0 Å². The Morgan fingerprint density at radius 3 is 2.65 bits per heavy atom. The molecule has 0 spiro atoms. The van der Waals surface area contributed by atoms with Gasteiger partial charge < -0.3 is 4.90 Å². The second-order valence-electron chi connectivity index (χ2n) is 6.25. The lowest BCUT2D eigenvalue weighted by Gasteiger charge is -2.31. The van der Waals surface area contributed by atoms with Gasteiger partial charge in [-0.2, -0.15) is 0 Å². The summed E-state index contributed by atoms with van der Waals surface area (Å²) in [6, 6.07) is 0. The second-order valence-corrected chi connectivity index (χ2v) is 6.25. The van der Waals surface area contributed by atoms with Gasteiger partial charge in [0.15, 0.2) is 0 Å². The number of hydrogen-bond donors (Lipinski definition) is 0. The van der Waals surface area contributed by atoms with Gasteiger partial charge in [-0.05, 0) is 50.5 Å². The van der Waals surface area contributed by atoms with Crippen LogP contribution in [0.5, 0.6) is 0 Å². The van der Waals surface area contributed by atoms with Gasteiger partial charge in [-0.25, -0.2) is 0 Å². The lowest BCUT2D eigenvalue weighted by atomic mass is 9.81.